The van der Waals surface area contributed by atoms with Crippen LogP contribution in [0, 0.1) is 17.3 Å². The van der Waals surface area contributed by atoms with E-state index in [0.717, 1.165) is 18.4 Å². The number of ketones is 1. The van der Waals surface area contributed by atoms with Crippen molar-refractivity contribution >= 4 is 5.78 Å². The summed E-state index contributed by atoms with van der Waals surface area (Å²) in [5.74, 6) is 0.937. The Labute approximate surface area is 104 Å². The van der Waals surface area contributed by atoms with E-state index >= 15 is 0 Å². The number of hydrogen-bond acceptors (Lipinski definition) is 2. The molecule has 0 aromatic rings. The maximum absolute atomic E-state index is 12.4. The lowest BCUT2D eigenvalue weighted by atomic mass is 9.75. The molecule has 2 nitrogen and oxygen atoms in total. The molecule has 1 saturated carbocycles. The molecule has 1 atom stereocenters. The predicted molar refractivity (Wildman–Crippen MR) is 68.8 cm³/mol. The molecule has 0 amide bonds. The Bertz CT molecular complexity index is 340. The Morgan fingerprint density at radius 2 is 1.71 bits per heavy atom. The number of allylic oxidation sites excluding steroid dienone is 2. The van der Waals surface area contributed by atoms with Crippen molar-refractivity contribution in [3.63, 3.8) is 0 Å². The summed E-state index contributed by atoms with van der Waals surface area (Å²) in [5, 5.41) is 10.1. The maximum Gasteiger partial charge on any atom is 0.166 e. The lowest BCUT2D eigenvalue weighted by Crippen LogP contribution is -2.27. The summed E-state index contributed by atoms with van der Waals surface area (Å²) in [6, 6.07) is 0. The molecule has 1 unspecified atom stereocenters. The van der Waals surface area contributed by atoms with Crippen LogP contribution in [-0.4, -0.2) is 10.9 Å². The monoisotopic (exact) mass is 236 g/mol. The fourth-order valence-electron chi connectivity index (χ4n) is 3.25. The van der Waals surface area contributed by atoms with Crippen molar-refractivity contribution in [3.8, 4) is 0 Å². The molecule has 0 heterocycles. The number of aliphatic hydroxyl groups is 1. The highest BCUT2D eigenvalue weighted by Gasteiger charge is 2.42. The zero-order valence-corrected chi connectivity index (χ0v) is 11.3. The molecule has 1 fully saturated rings. The average molecular weight is 236 g/mol. The van der Waals surface area contributed by atoms with Gasteiger partial charge in [-0.25, -0.2) is 0 Å². The minimum Gasteiger partial charge on any atom is -0.512 e. The molecule has 0 aromatic carbocycles. The van der Waals surface area contributed by atoms with Crippen LogP contribution < -0.4 is 0 Å². The van der Waals surface area contributed by atoms with Crippen molar-refractivity contribution in [2.24, 2.45) is 17.3 Å². The normalized spacial score (nSPS) is 27.9. The third kappa shape index (κ3) is 2.41. The SMILES string of the molecule is CC(C)(C)C1CC(O)=C(C2CCCCC2)C1=O. The third-order valence-electron chi connectivity index (χ3n) is 4.35. The van der Waals surface area contributed by atoms with E-state index in [-0.39, 0.29) is 17.1 Å². The van der Waals surface area contributed by atoms with Gasteiger partial charge in [-0.05, 0) is 24.2 Å². The molecule has 0 saturated heterocycles. The third-order valence-corrected chi connectivity index (χ3v) is 4.35. The van der Waals surface area contributed by atoms with Gasteiger partial charge in [0.1, 0.15) is 0 Å². The number of hydrogen-bond donors (Lipinski definition) is 1. The second-order valence-electron chi connectivity index (χ2n) is 6.68. The van der Waals surface area contributed by atoms with Crippen LogP contribution in [0.1, 0.15) is 59.3 Å². The van der Waals surface area contributed by atoms with E-state index in [1.165, 1.54) is 19.3 Å². The summed E-state index contributed by atoms with van der Waals surface area (Å²) in [7, 11) is 0. The largest absolute Gasteiger partial charge is 0.512 e. The van der Waals surface area contributed by atoms with Crippen molar-refractivity contribution in [2.75, 3.05) is 0 Å². The first-order chi connectivity index (χ1) is 7.91. The van der Waals surface area contributed by atoms with Crippen molar-refractivity contribution < 1.29 is 9.90 Å². The van der Waals surface area contributed by atoms with E-state index < -0.39 is 0 Å². The standard InChI is InChI=1S/C15H24O2/c1-15(2,3)11-9-12(16)13(14(11)17)10-7-5-4-6-8-10/h10-11,16H,4-9H2,1-3H3. The molecular weight excluding hydrogens is 212 g/mol. The van der Waals surface area contributed by atoms with Gasteiger partial charge in [-0.1, -0.05) is 40.0 Å². The molecule has 96 valence electrons. The minimum absolute atomic E-state index is 0.0144. The molecule has 1 N–H and O–H groups in total. The zero-order valence-electron chi connectivity index (χ0n) is 11.3. The Morgan fingerprint density at radius 3 is 2.18 bits per heavy atom. The number of Topliss-reactive ketones (excluding diaryl/α,β-unsaturated/α-hetero) is 1. The van der Waals surface area contributed by atoms with Gasteiger partial charge in [0.15, 0.2) is 5.78 Å². The Balaban J connectivity index is 2.17. The molecule has 2 heteroatoms. The van der Waals surface area contributed by atoms with Crippen molar-refractivity contribution in [1.29, 1.82) is 0 Å². The minimum atomic E-state index is -0.0402. The molecule has 17 heavy (non-hydrogen) atoms. The molecule has 2 aliphatic rings. The van der Waals surface area contributed by atoms with E-state index in [0.29, 0.717) is 18.1 Å². The zero-order chi connectivity index (χ0) is 12.6. The number of carbonyl (C=O) groups excluding carboxylic acids is 1. The highest BCUT2D eigenvalue weighted by atomic mass is 16.3. The average Bonchev–Trinajstić information content (AvgIpc) is 2.55. The van der Waals surface area contributed by atoms with Gasteiger partial charge >= 0.3 is 0 Å². The lowest BCUT2D eigenvalue weighted by Gasteiger charge is -2.27. The van der Waals surface area contributed by atoms with Gasteiger partial charge < -0.3 is 5.11 Å². The van der Waals surface area contributed by atoms with Crippen LogP contribution in [0.4, 0.5) is 0 Å². The highest BCUT2D eigenvalue weighted by Crippen LogP contribution is 2.44. The van der Waals surface area contributed by atoms with Crippen molar-refractivity contribution in [3.05, 3.63) is 11.3 Å². The Hall–Kier alpha value is -0.790. The molecule has 0 aromatic heterocycles. The molecule has 0 spiro atoms. The van der Waals surface area contributed by atoms with Gasteiger partial charge in [-0.2, -0.15) is 0 Å². The van der Waals surface area contributed by atoms with Crippen LogP contribution in [-0.2, 0) is 4.79 Å². The van der Waals surface area contributed by atoms with Gasteiger partial charge in [-0.3, -0.25) is 4.79 Å². The molecular formula is C15H24O2. The summed E-state index contributed by atoms with van der Waals surface area (Å²) in [6.07, 6.45) is 6.42. The van der Waals surface area contributed by atoms with E-state index in [4.69, 9.17) is 0 Å². The summed E-state index contributed by atoms with van der Waals surface area (Å²) in [6.45, 7) is 6.27. The molecule has 0 bridgehead atoms. The van der Waals surface area contributed by atoms with Crippen LogP contribution in [0.2, 0.25) is 0 Å². The fraction of sp³-hybridized carbons (Fsp3) is 0.800. The van der Waals surface area contributed by atoms with Gasteiger partial charge in [0.05, 0.1) is 5.76 Å². The fourth-order valence-corrected chi connectivity index (χ4v) is 3.25. The van der Waals surface area contributed by atoms with E-state index in [9.17, 15) is 9.90 Å². The predicted octanol–water partition coefficient (Wildman–Crippen LogP) is 4.01. The Kier molecular flexibility index (Phi) is 3.33. The maximum atomic E-state index is 12.4. The first kappa shape index (κ1) is 12.7. The quantitative estimate of drug-likeness (QED) is 0.746. The highest BCUT2D eigenvalue weighted by molar-refractivity contribution is 6.01. The first-order valence-electron chi connectivity index (χ1n) is 6.87. The summed E-state index contributed by atoms with van der Waals surface area (Å²) in [4.78, 5) is 12.4. The second-order valence-corrected chi connectivity index (χ2v) is 6.68. The topological polar surface area (TPSA) is 37.3 Å². The summed E-state index contributed by atoms with van der Waals surface area (Å²) < 4.78 is 0. The van der Waals surface area contributed by atoms with Gasteiger partial charge in [0, 0.05) is 17.9 Å². The van der Waals surface area contributed by atoms with Crippen molar-refractivity contribution in [2.45, 2.75) is 59.3 Å². The number of rotatable bonds is 1. The lowest BCUT2D eigenvalue weighted by molar-refractivity contribution is -0.121. The molecule has 2 aliphatic carbocycles. The van der Waals surface area contributed by atoms with Crippen LogP contribution in [0.25, 0.3) is 0 Å². The molecule has 2 rings (SSSR count). The molecule has 0 radical (unpaired) electrons. The number of aliphatic hydroxyl groups excluding tert-OH is 1. The number of carbonyl (C=O) groups is 1. The van der Waals surface area contributed by atoms with E-state index in [1.54, 1.807) is 0 Å². The summed E-state index contributed by atoms with van der Waals surface area (Å²) >= 11 is 0. The molecule has 0 aliphatic heterocycles. The van der Waals surface area contributed by atoms with E-state index in [2.05, 4.69) is 20.8 Å². The second kappa shape index (κ2) is 4.47. The Morgan fingerprint density at radius 1 is 1.12 bits per heavy atom. The van der Waals surface area contributed by atoms with Gasteiger partial charge in [0.25, 0.3) is 0 Å². The van der Waals surface area contributed by atoms with Crippen LogP contribution in [0.15, 0.2) is 11.3 Å². The van der Waals surface area contributed by atoms with Crippen LogP contribution >= 0.6 is 0 Å². The van der Waals surface area contributed by atoms with Crippen LogP contribution in [0.5, 0.6) is 0 Å². The van der Waals surface area contributed by atoms with Crippen molar-refractivity contribution in [1.82, 2.24) is 0 Å². The van der Waals surface area contributed by atoms with E-state index in [1.807, 2.05) is 0 Å². The van der Waals surface area contributed by atoms with Gasteiger partial charge in [0.2, 0.25) is 0 Å². The van der Waals surface area contributed by atoms with Crippen LogP contribution in [0.3, 0.4) is 0 Å². The van der Waals surface area contributed by atoms with Gasteiger partial charge in [-0.15, -0.1) is 0 Å². The summed E-state index contributed by atoms with van der Waals surface area (Å²) in [5.41, 5.74) is 0.742. The first-order valence-corrected chi connectivity index (χ1v) is 6.87. The smallest absolute Gasteiger partial charge is 0.166 e.